The molecule has 1 N–H and O–H groups in total. The van der Waals surface area contributed by atoms with Crippen LogP contribution in [0.3, 0.4) is 0 Å². The third kappa shape index (κ3) is 4.71. The summed E-state index contributed by atoms with van der Waals surface area (Å²) in [5, 5.41) is 7.41. The van der Waals surface area contributed by atoms with Gasteiger partial charge in [0.25, 0.3) is 0 Å². The monoisotopic (exact) mass is 396 g/mol. The van der Waals surface area contributed by atoms with E-state index in [0.717, 1.165) is 37.3 Å². The lowest BCUT2D eigenvalue weighted by Gasteiger charge is -2.23. The Bertz CT molecular complexity index is 927. The molecule has 1 aromatic carbocycles. The molecule has 29 heavy (non-hydrogen) atoms. The van der Waals surface area contributed by atoms with Crippen LogP contribution in [0.4, 0.5) is 16.0 Å². The van der Waals surface area contributed by atoms with Crippen LogP contribution in [0, 0.1) is 11.7 Å². The number of hydrogen-bond donors (Lipinski definition) is 1. The van der Waals surface area contributed by atoms with Crippen molar-refractivity contribution < 1.29 is 9.13 Å². The third-order valence-electron chi connectivity index (χ3n) is 5.13. The SMILES string of the molecule is CN(Cc1cccc(-n2cccn2)c1)c1ncnc(NCC2CCOCC2)c1F. The summed E-state index contributed by atoms with van der Waals surface area (Å²) in [6, 6.07) is 9.88. The number of hydrogen-bond acceptors (Lipinski definition) is 6. The summed E-state index contributed by atoms with van der Waals surface area (Å²) in [5.41, 5.74) is 2.00. The Balaban J connectivity index is 1.44. The van der Waals surface area contributed by atoms with Crippen molar-refractivity contribution in [2.24, 2.45) is 5.92 Å². The lowest BCUT2D eigenvalue weighted by atomic mass is 10.0. The van der Waals surface area contributed by atoms with Gasteiger partial charge in [0.1, 0.15) is 6.33 Å². The van der Waals surface area contributed by atoms with Gasteiger partial charge in [-0.1, -0.05) is 12.1 Å². The molecule has 0 saturated carbocycles. The van der Waals surface area contributed by atoms with E-state index in [1.54, 1.807) is 15.8 Å². The average Bonchev–Trinajstić information content (AvgIpc) is 3.29. The third-order valence-corrected chi connectivity index (χ3v) is 5.13. The van der Waals surface area contributed by atoms with E-state index in [1.807, 2.05) is 43.6 Å². The fourth-order valence-electron chi connectivity index (χ4n) is 3.51. The van der Waals surface area contributed by atoms with Crippen molar-refractivity contribution in [1.29, 1.82) is 0 Å². The molecule has 0 unspecified atom stereocenters. The summed E-state index contributed by atoms with van der Waals surface area (Å²) < 4.78 is 22.2. The second-order valence-corrected chi connectivity index (χ2v) is 7.27. The molecule has 0 bridgehead atoms. The molecule has 1 aliphatic heterocycles. The van der Waals surface area contributed by atoms with Crippen LogP contribution in [0.2, 0.25) is 0 Å². The van der Waals surface area contributed by atoms with E-state index in [2.05, 4.69) is 20.4 Å². The van der Waals surface area contributed by atoms with Crippen LogP contribution >= 0.6 is 0 Å². The zero-order valence-corrected chi connectivity index (χ0v) is 16.5. The van der Waals surface area contributed by atoms with Gasteiger partial charge in [-0.2, -0.15) is 9.49 Å². The zero-order chi connectivity index (χ0) is 20.1. The summed E-state index contributed by atoms with van der Waals surface area (Å²) >= 11 is 0. The largest absolute Gasteiger partial charge is 0.381 e. The highest BCUT2D eigenvalue weighted by atomic mass is 19.1. The van der Waals surface area contributed by atoms with Gasteiger partial charge in [0.05, 0.1) is 5.69 Å². The fraction of sp³-hybridized carbons (Fsp3) is 0.381. The van der Waals surface area contributed by atoms with E-state index in [-0.39, 0.29) is 11.6 Å². The summed E-state index contributed by atoms with van der Waals surface area (Å²) in [4.78, 5) is 10.0. The van der Waals surface area contributed by atoms with Crippen LogP contribution in [0.15, 0.2) is 49.1 Å². The van der Waals surface area contributed by atoms with Gasteiger partial charge in [-0.15, -0.1) is 0 Å². The molecule has 7 nitrogen and oxygen atoms in total. The number of rotatable bonds is 7. The van der Waals surface area contributed by atoms with Crippen molar-refractivity contribution >= 4 is 11.6 Å². The second kappa shape index (κ2) is 9.00. The summed E-state index contributed by atoms with van der Waals surface area (Å²) in [7, 11) is 1.83. The Hall–Kier alpha value is -3.00. The van der Waals surface area contributed by atoms with E-state index in [9.17, 15) is 0 Å². The van der Waals surface area contributed by atoms with Gasteiger partial charge in [0.15, 0.2) is 11.6 Å². The first-order valence-corrected chi connectivity index (χ1v) is 9.83. The summed E-state index contributed by atoms with van der Waals surface area (Å²) in [5.74, 6) is 0.576. The molecule has 1 fully saturated rings. The second-order valence-electron chi connectivity index (χ2n) is 7.27. The molecule has 0 radical (unpaired) electrons. The van der Waals surface area contributed by atoms with Crippen LogP contribution in [0.5, 0.6) is 0 Å². The molecular formula is C21H25FN6O. The average molecular weight is 396 g/mol. The normalized spacial score (nSPS) is 14.7. The number of ether oxygens (including phenoxy) is 1. The molecule has 1 aliphatic rings. The minimum absolute atomic E-state index is 0.249. The van der Waals surface area contributed by atoms with Gasteiger partial charge < -0.3 is 15.0 Å². The highest BCUT2D eigenvalue weighted by Gasteiger charge is 2.18. The van der Waals surface area contributed by atoms with Crippen LogP contribution in [-0.4, -0.2) is 46.6 Å². The van der Waals surface area contributed by atoms with Crippen LogP contribution in [0.1, 0.15) is 18.4 Å². The van der Waals surface area contributed by atoms with Crippen molar-refractivity contribution in [2.45, 2.75) is 19.4 Å². The number of nitrogens with zero attached hydrogens (tertiary/aromatic N) is 5. The molecule has 3 heterocycles. The molecule has 2 aromatic heterocycles. The fourth-order valence-corrected chi connectivity index (χ4v) is 3.51. The van der Waals surface area contributed by atoms with Gasteiger partial charge in [-0.3, -0.25) is 0 Å². The number of benzene rings is 1. The number of halogens is 1. The number of anilines is 2. The predicted octanol–water partition coefficient (Wildman–Crippen LogP) is 3.28. The Morgan fingerprint density at radius 3 is 2.90 bits per heavy atom. The van der Waals surface area contributed by atoms with Crippen molar-refractivity contribution in [2.75, 3.05) is 37.0 Å². The van der Waals surface area contributed by atoms with E-state index < -0.39 is 5.82 Å². The van der Waals surface area contributed by atoms with Gasteiger partial charge in [-0.05, 0) is 42.5 Å². The van der Waals surface area contributed by atoms with Crippen molar-refractivity contribution in [1.82, 2.24) is 19.7 Å². The first-order valence-electron chi connectivity index (χ1n) is 9.83. The molecule has 1 saturated heterocycles. The number of aromatic nitrogens is 4. The predicted molar refractivity (Wildman–Crippen MR) is 110 cm³/mol. The first-order chi connectivity index (χ1) is 14.2. The molecule has 0 aliphatic carbocycles. The maximum Gasteiger partial charge on any atom is 0.207 e. The molecule has 3 aromatic rings. The topological polar surface area (TPSA) is 68.1 Å². The molecule has 152 valence electrons. The van der Waals surface area contributed by atoms with Crippen molar-refractivity contribution in [3.8, 4) is 5.69 Å². The molecule has 4 rings (SSSR count). The Morgan fingerprint density at radius 1 is 1.24 bits per heavy atom. The van der Waals surface area contributed by atoms with E-state index in [0.29, 0.717) is 19.0 Å². The lowest BCUT2D eigenvalue weighted by Crippen LogP contribution is -2.24. The van der Waals surface area contributed by atoms with Gasteiger partial charge in [0.2, 0.25) is 5.82 Å². The van der Waals surface area contributed by atoms with Crippen LogP contribution in [0.25, 0.3) is 5.69 Å². The Kier molecular flexibility index (Phi) is 6.00. The molecular weight excluding hydrogens is 371 g/mol. The van der Waals surface area contributed by atoms with E-state index in [4.69, 9.17) is 4.74 Å². The zero-order valence-electron chi connectivity index (χ0n) is 16.5. The Labute approximate surface area is 169 Å². The van der Waals surface area contributed by atoms with E-state index >= 15 is 4.39 Å². The van der Waals surface area contributed by atoms with Gasteiger partial charge >= 0.3 is 0 Å². The van der Waals surface area contributed by atoms with Crippen molar-refractivity contribution in [3.63, 3.8) is 0 Å². The van der Waals surface area contributed by atoms with Gasteiger partial charge in [-0.25, -0.2) is 14.6 Å². The van der Waals surface area contributed by atoms with Crippen molar-refractivity contribution in [3.05, 3.63) is 60.4 Å². The minimum Gasteiger partial charge on any atom is -0.381 e. The maximum absolute atomic E-state index is 15.0. The maximum atomic E-state index is 15.0. The summed E-state index contributed by atoms with van der Waals surface area (Å²) in [6.07, 6.45) is 7.01. The Morgan fingerprint density at radius 2 is 2.10 bits per heavy atom. The van der Waals surface area contributed by atoms with Gasteiger partial charge in [0, 0.05) is 45.7 Å². The molecule has 0 spiro atoms. The standard InChI is InChI=1S/C21H25FN6O/c1-27(14-17-4-2-5-18(12-17)28-9-3-8-26-28)21-19(22)20(24-15-25-21)23-13-16-6-10-29-11-7-16/h2-5,8-9,12,15-16H,6-7,10-11,13-14H2,1H3,(H,23,24,25). The van der Waals surface area contributed by atoms with E-state index in [1.165, 1.54) is 6.33 Å². The lowest BCUT2D eigenvalue weighted by molar-refractivity contribution is 0.0699. The molecule has 0 atom stereocenters. The minimum atomic E-state index is -0.426. The molecule has 0 amide bonds. The summed E-state index contributed by atoms with van der Waals surface area (Å²) in [6.45, 7) is 2.74. The highest BCUT2D eigenvalue weighted by molar-refractivity contribution is 5.51. The van der Waals surface area contributed by atoms with Crippen LogP contribution < -0.4 is 10.2 Å². The quantitative estimate of drug-likeness (QED) is 0.661. The van der Waals surface area contributed by atoms with Crippen LogP contribution in [-0.2, 0) is 11.3 Å². The number of nitrogens with one attached hydrogen (secondary N) is 1. The molecule has 8 heteroatoms. The first kappa shape index (κ1) is 19.3. The highest BCUT2D eigenvalue weighted by Crippen LogP contribution is 2.23. The smallest absolute Gasteiger partial charge is 0.207 e.